The number of nitrogens with one attached hydrogen (secondary N) is 1. The number of nitrogens with zero attached hydrogens (tertiary/aromatic N) is 1. The van der Waals surface area contributed by atoms with E-state index in [0.29, 0.717) is 6.54 Å². The molecule has 1 heterocycles. The molecule has 1 saturated heterocycles. The molecule has 0 aromatic rings. The minimum atomic E-state index is -1.09. The number of allylic oxidation sites excluding steroid dienone is 2. The Bertz CT molecular complexity index is 459. The summed E-state index contributed by atoms with van der Waals surface area (Å²) in [5.41, 5.74) is 0. The lowest BCUT2D eigenvalue weighted by Crippen LogP contribution is -2.45. The molecule has 3 rings (SSSR count). The molecule has 2 fully saturated rings. The number of amides is 1. The lowest BCUT2D eigenvalue weighted by molar-refractivity contribution is -0.313. The zero-order valence-corrected chi connectivity index (χ0v) is 12.7. The van der Waals surface area contributed by atoms with Crippen LogP contribution in [0, 0.1) is 23.7 Å². The molecular weight excluding hydrogens is 284 g/mol. The normalized spacial score (nSPS) is 34.0. The van der Waals surface area contributed by atoms with Crippen molar-refractivity contribution in [3.05, 3.63) is 12.2 Å². The number of fused-ring (bicyclic) bond motifs is 2. The highest BCUT2D eigenvalue weighted by molar-refractivity contribution is 5.86. The zero-order chi connectivity index (χ0) is 15.5. The summed E-state index contributed by atoms with van der Waals surface area (Å²) in [6.45, 7) is 4.96. The number of carboxylic acid groups (broad SMARTS) is 1. The Morgan fingerprint density at radius 3 is 2.55 bits per heavy atom. The largest absolute Gasteiger partial charge is 0.550 e. The van der Waals surface area contributed by atoms with E-state index in [4.69, 9.17) is 4.74 Å². The highest BCUT2D eigenvalue weighted by Crippen LogP contribution is 2.47. The third-order valence-corrected chi connectivity index (χ3v) is 5.09. The highest BCUT2D eigenvalue weighted by atomic mass is 16.5. The number of ether oxygens (including phenoxy) is 1. The summed E-state index contributed by atoms with van der Waals surface area (Å²) in [6, 6.07) is 0. The maximum atomic E-state index is 12.3. The molecule has 1 amide bonds. The SMILES string of the molecule is O=C([O-])C1C2C=CC(C2)C1C(=O)NCCCN1CCOCC1. The van der Waals surface area contributed by atoms with Crippen molar-refractivity contribution in [2.24, 2.45) is 23.7 Å². The van der Waals surface area contributed by atoms with Crippen LogP contribution in [0.2, 0.25) is 0 Å². The maximum absolute atomic E-state index is 12.3. The van der Waals surface area contributed by atoms with Gasteiger partial charge in [-0.25, -0.2) is 0 Å². The highest BCUT2D eigenvalue weighted by Gasteiger charge is 2.48. The van der Waals surface area contributed by atoms with Crippen molar-refractivity contribution in [1.29, 1.82) is 0 Å². The molecule has 1 saturated carbocycles. The van der Waals surface area contributed by atoms with Crippen LogP contribution >= 0.6 is 0 Å². The second kappa shape index (κ2) is 6.79. The maximum Gasteiger partial charge on any atom is 0.224 e. The van der Waals surface area contributed by atoms with Gasteiger partial charge in [-0.2, -0.15) is 0 Å². The number of rotatable bonds is 6. The third-order valence-electron chi connectivity index (χ3n) is 5.09. The molecular formula is C16H23N2O4-. The van der Waals surface area contributed by atoms with Gasteiger partial charge in [0.1, 0.15) is 0 Å². The summed E-state index contributed by atoms with van der Waals surface area (Å²) in [4.78, 5) is 26.0. The Morgan fingerprint density at radius 1 is 1.18 bits per heavy atom. The smallest absolute Gasteiger partial charge is 0.224 e. The first-order valence-corrected chi connectivity index (χ1v) is 8.14. The van der Waals surface area contributed by atoms with Gasteiger partial charge in [-0.3, -0.25) is 9.69 Å². The van der Waals surface area contributed by atoms with Gasteiger partial charge >= 0.3 is 0 Å². The van der Waals surface area contributed by atoms with Crippen molar-refractivity contribution < 1.29 is 19.4 Å². The van der Waals surface area contributed by atoms with Crippen LogP contribution in [0.25, 0.3) is 0 Å². The van der Waals surface area contributed by atoms with Crippen molar-refractivity contribution in [1.82, 2.24) is 10.2 Å². The minimum absolute atomic E-state index is 0.0286. The first-order valence-electron chi connectivity index (χ1n) is 8.14. The Morgan fingerprint density at radius 2 is 1.86 bits per heavy atom. The van der Waals surface area contributed by atoms with E-state index in [1.165, 1.54) is 0 Å². The van der Waals surface area contributed by atoms with E-state index in [0.717, 1.165) is 45.7 Å². The molecule has 0 aromatic carbocycles. The van der Waals surface area contributed by atoms with Crippen LogP contribution in [0.5, 0.6) is 0 Å². The van der Waals surface area contributed by atoms with Crippen molar-refractivity contribution in [2.45, 2.75) is 12.8 Å². The van der Waals surface area contributed by atoms with Gasteiger partial charge in [-0.05, 0) is 31.2 Å². The summed E-state index contributed by atoms with van der Waals surface area (Å²) in [6.07, 6.45) is 5.55. The number of carbonyl (C=O) groups is 2. The molecule has 6 heteroatoms. The van der Waals surface area contributed by atoms with Crippen LogP contribution in [0.15, 0.2) is 12.2 Å². The predicted octanol–water partition coefficient (Wildman–Crippen LogP) is -0.987. The van der Waals surface area contributed by atoms with Gasteiger partial charge in [0.15, 0.2) is 0 Å². The lowest BCUT2D eigenvalue weighted by Gasteiger charge is -2.28. The van der Waals surface area contributed by atoms with E-state index in [9.17, 15) is 14.7 Å². The molecule has 3 aliphatic rings. The van der Waals surface area contributed by atoms with E-state index in [-0.39, 0.29) is 17.7 Å². The molecule has 0 radical (unpaired) electrons. The molecule has 2 aliphatic carbocycles. The summed E-state index contributed by atoms with van der Waals surface area (Å²) in [5, 5.41) is 14.2. The first-order chi connectivity index (χ1) is 10.7. The van der Waals surface area contributed by atoms with Crippen LogP contribution in [0.4, 0.5) is 0 Å². The molecule has 0 aromatic heterocycles. The summed E-state index contributed by atoms with van der Waals surface area (Å²) in [7, 11) is 0. The number of hydrogen-bond donors (Lipinski definition) is 1. The van der Waals surface area contributed by atoms with E-state index in [1.54, 1.807) is 0 Å². The monoisotopic (exact) mass is 307 g/mol. The standard InChI is InChI=1S/C16H24N2O4/c19-15(17-4-1-5-18-6-8-22-9-7-18)13-11-2-3-12(10-11)14(13)16(20)21/h2-3,11-14H,1,4-10H2,(H,17,19)(H,20,21)/p-1. The zero-order valence-electron chi connectivity index (χ0n) is 12.7. The van der Waals surface area contributed by atoms with Crippen LogP contribution in [0.3, 0.4) is 0 Å². The van der Waals surface area contributed by atoms with Crippen molar-refractivity contribution in [3.8, 4) is 0 Å². The van der Waals surface area contributed by atoms with E-state index in [1.807, 2.05) is 12.2 Å². The molecule has 22 heavy (non-hydrogen) atoms. The summed E-state index contributed by atoms with van der Waals surface area (Å²) >= 11 is 0. The molecule has 6 nitrogen and oxygen atoms in total. The third kappa shape index (κ3) is 3.17. The quantitative estimate of drug-likeness (QED) is 0.503. The predicted molar refractivity (Wildman–Crippen MR) is 77.6 cm³/mol. The van der Waals surface area contributed by atoms with Crippen LogP contribution in [-0.4, -0.2) is 56.2 Å². The average Bonchev–Trinajstić information content (AvgIpc) is 3.13. The van der Waals surface area contributed by atoms with E-state index in [2.05, 4.69) is 10.2 Å². The topological polar surface area (TPSA) is 81.7 Å². The van der Waals surface area contributed by atoms with Gasteiger partial charge in [0.25, 0.3) is 0 Å². The lowest BCUT2D eigenvalue weighted by atomic mass is 9.82. The van der Waals surface area contributed by atoms with Crippen molar-refractivity contribution >= 4 is 11.9 Å². The van der Waals surface area contributed by atoms with Gasteiger partial charge in [0.05, 0.1) is 19.1 Å². The van der Waals surface area contributed by atoms with Gasteiger partial charge < -0.3 is 20.0 Å². The number of hydrogen-bond acceptors (Lipinski definition) is 5. The number of carbonyl (C=O) groups excluding carboxylic acids is 2. The fourth-order valence-electron chi connectivity index (χ4n) is 3.96. The summed E-state index contributed by atoms with van der Waals surface area (Å²) in [5.74, 6) is -2.30. The van der Waals surface area contributed by atoms with E-state index < -0.39 is 17.8 Å². The minimum Gasteiger partial charge on any atom is -0.550 e. The first kappa shape index (κ1) is 15.5. The molecule has 4 atom stereocenters. The molecule has 4 unspecified atom stereocenters. The Labute approximate surface area is 130 Å². The Hall–Kier alpha value is -1.40. The molecule has 0 spiro atoms. The van der Waals surface area contributed by atoms with Crippen molar-refractivity contribution in [2.75, 3.05) is 39.4 Å². The van der Waals surface area contributed by atoms with Gasteiger partial charge in [0, 0.05) is 31.5 Å². The van der Waals surface area contributed by atoms with E-state index >= 15 is 0 Å². The number of carboxylic acids is 1. The molecule has 1 N–H and O–H groups in total. The van der Waals surface area contributed by atoms with Crippen molar-refractivity contribution in [3.63, 3.8) is 0 Å². The van der Waals surface area contributed by atoms with Gasteiger partial charge in [-0.15, -0.1) is 0 Å². The second-order valence-electron chi connectivity index (χ2n) is 6.42. The molecule has 122 valence electrons. The number of morpholine rings is 1. The summed E-state index contributed by atoms with van der Waals surface area (Å²) < 4.78 is 5.29. The van der Waals surface area contributed by atoms with Crippen LogP contribution in [0.1, 0.15) is 12.8 Å². The Kier molecular flexibility index (Phi) is 4.78. The van der Waals surface area contributed by atoms with Crippen LogP contribution in [-0.2, 0) is 14.3 Å². The fourth-order valence-corrected chi connectivity index (χ4v) is 3.96. The average molecular weight is 307 g/mol. The second-order valence-corrected chi connectivity index (χ2v) is 6.42. The molecule has 1 aliphatic heterocycles. The Balaban J connectivity index is 1.43. The van der Waals surface area contributed by atoms with Gasteiger partial charge in [0.2, 0.25) is 5.91 Å². The van der Waals surface area contributed by atoms with Crippen LogP contribution < -0.4 is 10.4 Å². The van der Waals surface area contributed by atoms with Gasteiger partial charge in [-0.1, -0.05) is 12.2 Å². The fraction of sp³-hybridized carbons (Fsp3) is 0.750. The number of aliphatic carboxylic acids is 1. The molecule has 2 bridgehead atoms.